The molecule has 0 amide bonds. The zero-order valence-corrected chi connectivity index (χ0v) is 36.5. The van der Waals surface area contributed by atoms with Gasteiger partial charge in [-0.2, -0.15) is 0 Å². The van der Waals surface area contributed by atoms with Crippen LogP contribution < -0.4 is 0 Å². The Morgan fingerprint density at radius 2 is 0.966 bits per heavy atom. The highest BCUT2D eigenvalue weighted by Gasteiger charge is 2.51. The van der Waals surface area contributed by atoms with E-state index in [4.69, 9.17) is 18.5 Å². The summed E-state index contributed by atoms with van der Waals surface area (Å²) in [5.74, 6) is -0.555. The first-order valence-corrected chi connectivity index (χ1v) is 23.7. The number of phosphoric acid groups is 1. The first-order chi connectivity index (χ1) is 28.0. The van der Waals surface area contributed by atoms with Crippen molar-refractivity contribution in [1.82, 2.24) is 0 Å². The van der Waals surface area contributed by atoms with Crippen molar-refractivity contribution in [1.29, 1.82) is 0 Å². The minimum absolute atomic E-state index is 0.0924. The molecule has 1 aliphatic carbocycles. The van der Waals surface area contributed by atoms with Crippen LogP contribution in [0.1, 0.15) is 162 Å². The van der Waals surface area contributed by atoms with Crippen LogP contribution in [0.25, 0.3) is 0 Å². The third-order valence-electron chi connectivity index (χ3n) is 9.96. The van der Waals surface area contributed by atoms with E-state index in [9.17, 15) is 39.8 Å². The van der Waals surface area contributed by atoms with Gasteiger partial charge in [-0.25, -0.2) is 4.57 Å². The summed E-state index contributed by atoms with van der Waals surface area (Å²) in [5, 5.41) is 50.1. The molecule has 0 spiro atoms. The van der Waals surface area contributed by atoms with Gasteiger partial charge in [0.2, 0.25) is 0 Å². The summed E-state index contributed by atoms with van der Waals surface area (Å²) in [5.41, 5.74) is 0. The van der Waals surface area contributed by atoms with Crippen molar-refractivity contribution in [3.05, 3.63) is 60.9 Å². The lowest BCUT2D eigenvalue weighted by Gasteiger charge is -2.41. The van der Waals surface area contributed by atoms with Gasteiger partial charge in [-0.15, -0.1) is 0 Å². The van der Waals surface area contributed by atoms with Crippen LogP contribution in [0.3, 0.4) is 0 Å². The molecular weight excluding hydrogens is 763 g/mol. The van der Waals surface area contributed by atoms with Crippen LogP contribution >= 0.6 is 7.82 Å². The molecule has 0 bridgehead atoms. The van der Waals surface area contributed by atoms with Crippen LogP contribution in [0, 0.1) is 0 Å². The van der Waals surface area contributed by atoms with E-state index in [2.05, 4.69) is 50.3 Å². The average Bonchev–Trinajstić information content (AvgIpc) is 3.21. The summed E-state index contributed by atoms with van der Waals surface area (Å²) in [6.45, 7) is 3.63. The number of phosphoric ester groups is 1. The molecule has 1 saturated carbocycles. The molecule has 8 atom stereocenters. The molecule has 0 saturated heterocycles. The van der Waals surface area contributed by atoms with Crippen molar-refractivity contribution in [3.63, 3.8) is 0 Å². The van der Waals surface area contributed by atoms with E-state index in [1.54, 1.807) is 0 Å². The second kappa shape index (κ2) is 35.6. The number of allylic oxidation sites excluding steroid dienone is 9. The van der Waals surface area contributed by atoms with Gasteiger partial charge in [0.15, 0.2) is 6.10 Å². The fourth-order valence-electron chi connectivity index (χ4n) is 6.37. The van der Waals surface area contributed by atoms with E-state index >= 15 is 0 Å². The van der Waals surface area contributed by atoms with Gasteiger partial charge in [-0.05, 0) is 63.9 Å². The first-order valence-electron chi connectivity index (χ1n) is 22.2. The van der Waals surface area contributed by atoms with Crippen LogP contribution in [0.2, 0.25) is 0 Å². The van der Waals surface area contributed by atoms with Gasteiger partial charge in [0.25, 0.3) is 0 Å². The summed E-state index contributed by atoms with van der Waals surface area (Å²) in [4.78, 5) is 23.1. The summed E-state index contributed by atoms with van der Waals surface area (Å²) in [6.07, 6.45) is 32.3. The Labute approximate surface area is 349 Å². The standard InChI is InChI=1S/C45H79O12P/c1-3-5-7-9-11-13-15-17-19-20-21-22-24-26-28-30-32-34-39(46)56-38(36-54-35-33-31-29-27-25-23-18-16-14-12-10-8-6-4-2)37-55-58(52,53)57-45-43(50)41(48)40(47)42(49)44(45)51/h11,13,17,19,21-22,26,28,33,35,38,40-45,47-51H,3-10,12,14-16,18,20,23-25,27,29-32,34,36-37H2,1-2H3,(H,52,53)/b13-11-,19-17-,22-21-,28-26-,35-33-/t38-,40?,41-,42?,43?,44?,45?/m1/s1. The van der Waals surface area contributed by atoms with Gasteiger partial charge in [0, 0.05) is 6.42 Å². The molecule has 0 aromatic heterocycles. The summed E-state index contributed by atoms with van der Waals surface area (Å²) in [7, 11) is -5.05. The number of rotatable bonds is 36. The highest BCUT2D eigenvalue weighted by atomic mass is 31.2. The summed E-state index contributed by atoms with van der Waals surface area (Å²) < 4.78 is 33.8. The smallest absolute Gasteiger partial charge is 0.472 e. The molecule has 6 N–H and O–H groups in total. The molecule has 13 heteroatoms. The second-order valence-corrected chi connectivity index (χ2v) is 16.7. The molecular formula is C45H79O12P. The number of carbonyl (C=O) groups is 1. The minimum atomic E-state index is -5.05. The molecule has 1 fully saturated rings. The topological polar surface area (TPSA) is 192 Å². The molecule has 0 radical (unpaired) electrons. The number of unbranched alkanes of at least 4 members (excludes halogenated alkanes) is 16. The van der Waals surface area contributed by atoms with Crippen LogP contribution in [0.5, 0.6) is 0 Å². The number of hydrogen-bond donors (Lipinski definition) is 6. The van der Waals surface area contributed by atoms with E-state index in [0.29, 0.717) is 12.8 Å². The largest absolute Gasteiger partial charge is 0.498 e. The normalized spacial score (nSPS) is 23.2. The molecule has 0 aromatic carbocycles. The van der Waals surface area contributed by atoms with Gasteiger partial charge in [-0.3, -0.25) is 13.8 Å². The minimum Gasteiger partial charge on any atom is -0.498 e. The molecule has 336 valence electrons. The molecule has 6 unspecified atom stereocenters. The van der Waals surface area contributed by atoms with Crippen molar-refractivity contribution < 1.29 is 58.3 Å². The summed E-state index contributed by atoms with van der Waals surface area (Å²) in [6, 6.07) is 0. The lowest BCUT2D eigenvalue weighted by atomic mass is 9.85. The highest BCUT2D eigenvalue weighted by Crippen LogP contribution is 2.47. The number of esters is 1. The van der Waals surface area contributed by atoms with Crippen molar-refractivity contribution in [2.75, 3.05) is 13.2 Å². The van der Waals surface area contributed by atoms with Crippen LogP contribution in [-0.4, -0.2) is 92.3 Å². The number of hydrogen-bond acceptors (Lipinski definition) is 11. The second-order valence-electron chi connectivity index (χ2n) is 15.3. The Hall–Kier alpha value is -2.12. The molecule has 0 aromatic rings. The Kier molecular flexibility index (Phi) is 33.1. The summed E-state index contributed by atoms with van der Waals surface area (Å²) >= 11 is 0. The maximum Gasteiger partial charge on any atom is 0.472 e. The van der Waals surface area contributed by atoms with Gasteiger partial charge >= 0.3 is 13.8 Å². The Morgan fingerprint density at radius 3 is 1.50 bits per heavy atom. The van der Waals surface area contributed by atoms with Gasteiger partial charge in [-0.1, -0.05) is 146 Å². The zero-order chi connectivity index (χ0) is 42.7. The van der Waals surface area contributed by atoms with Gasteiger partial charge in [0.1, 0.15) is 43.2 Å². The number of carbonyl (C=O) groups excluding carboxylic acids is 1. The quantitative estimate of drug-likeness (QED) is 0.0116. The molecule has 12 nitrogen and oxygen atoms in total. The van der Waals surface area contributed by atoms with E-state index in [0.717, 1.165) is 44.9 Å². The highest BCUT2D eigenvalue weighted by molar-refractivity contribution is 7.47. The van der Waals surface area contributed by atoms with Gasteiger partial charge < -0.3 is 39.9 Å². The molecule has 1 rings (SSSR count). The number of aliphatic hydroxyl groups excluding tert-OH is 5. The maximum atomic E-state index is 12.8. The van der Waals surface area contributed by atoms with Crippen molar-refractivity contribution >= 4 is 13.8 Å². The maximum absolute atomic E-state index is 12.8. The number of aliphatic hydroxyl groups is 5. The van der Waals surface area contributed by atoms with Crippen molar-refractivity contribution in [3.8, 4) is 0 Å². The van der Waals surface area contributed by atoms with E-state index in [-0.39, 0.29) is 13.0 Å². The van der Waals surface area contributed by atoms with Crippen LogP contribution in [0.4, 0.5) is 0 Å². The third kappa shape index (κ3) is 27.6. The monoisotopic (exact) mass is 843 g/mol. The Balaban J connectivity index is 2.50. The number of ether oxygens (including phenoxy) is 2. The van der Waals surface area contributed by atoms with Gasteiger partial charge in [0.05, 0.1) is 12.9 Å². The fourth-order valence-corrected chi connectivity index (χ4v) is 7.34. The average molecular weight is 843 g/mol. The lowest BCUT2D eigenvalue weighted by molar-refractivity contribution is -0.220. The van der Waals surface area contributed by atoms with E-state index in [1.165, 1.54) is 89.7 Å². The Morgan fingerprint density at radius 1 is 0.552 bits per heavy atom. The van der Waals surface area contributed by atoms with Crippen LogP contribution in [0.15, 0.2) is 60.9 Å². The molecule has 0 aliphatic heterocycles. The SMILES string of the molecule is CCCCC/C=C\C/C=C\C/C=C\C/C=C\CCCC(=O)O[C@H](CO/C=C\CCCCCCCCCCCCCC)COP(=O)(O)OC1C(O)C(O)C(O)[C@@H](O)C1O. The predicted molar refractivity (Wildman–Crippen MR) is 230 cm³/mol. The molecule has 1 aliphatic rings. The lowest BCUT2D eigenvalue weighted by Crippen LogP contribution is -2.64. The fraction of sp³-hybridized carbons (Fsp3) is 0.756. The van der Waals surface area contributed by atoms with Crippen LogP contribution in [-0.2, 0) is 27.9 Å². The zero-order valence-electron chi connectivity index (χ0n) is 35.6. The third-order valence-corrected chi connectivity index (χ3v) is 10.9. The Bertz CT molecular complexity index is 1190. The van der Waals surface area contributed by atoms with Crippen molar-refractivity contribution in [2.45, 2.75) is 204 Å². The predicted octanol–water partition coefficient (Wildman–Crippen LogP) is 8.99. The van der Waals surface area contributed by atoms with Crippen molar-refractivity contribution in [2.24, 2.45) is 0 Å². The van der Waals surface area contributed by atoms with E-state index < -0.39 is 63.1 Å². The molecule has 58 heavy (non-hydrogen) atoms. The molecule has 0 heterocycles. The van der Waals surface area contributed by atoms with E-state index in [1.807, 2.05) is 18.2 Å². The first kappa shape index (κ1) is 53.9.